The van der Waals surface area contributed by atoms with Crippen LogP contribution in [0, 0.1) is 0 Å². The monoisotopic (exact) mass is 196 g/mol. The standard InChI is InChI=1S/C9H12N2OS/c10-8(12)9(11)4-1-2-7-6(9)3-5-13-7/h3,5H,1-2,4,11H2,(H2,10,12). The number of primary amides is 1. The topological polar surface area (TPSA) is 69.1 Å². The van der Waals surface area contributed by atoms with Crippen molar-refractivity contribution in [2.45, 2.75) is 24.8 Å². The van der Waals surface area contributed by atoms with E-state index in [2.05, 4.69) is 0 Å². The molecule has 2 rings (SSSR count). The van der Waals surface area contributed by atoms with Crippen molar-refractivity contribution in [3.05, 3.63) is 21.9 Å². The summed E-state index contributed by atoms with van der Waals surface area (Å²) in [5.74, 6) is -0.410. The third-order valence-electron chi connectivity index (χ3n) is 2.64. The van der Waals surface area contributed by atoms with E-state index in [4.69, 9.17) is 11.5 Å². The van der Waals surface area contributed by atoms with Crippen molar-refractivity contribution in [2.75, 3.05) is 0 Å². The maximum absolute atomic E-state index is 11.2. The summed E-state index contributed by atoms with van der Waals surface area (Å²) in [6, 6.07) is 1.92. The number of hydrogen-bond acceptors (Lipinski definition) is 3. The fraction of sp³-hybridized carbons (Fsp3) is 0.444. The molecule has 1 heterocycles. The van der Waals surface area contributed by atoms with Gasteiger partial charge in [-0.1, -0.05) is 0 Å². The summed E-state index contributed by atoms with van der Waals surface area (Å²) in [6.45, 7) is 0. The zero-order valence-electron chi connectivity index (χ0n) is 7.25. The second-order valence-corrected chi connectivity index (χ2v) is 4.45. The van der Waals surface area contributed by atoms with Crippen molar-refractivity contribution >= 4 is 17.2 Å². The molecule has 3 nitrogen and oxygen atoms in total. The average Bonchev–Trinajstić information content (AvgIpc) is 2.53. The lowest BCUT2D eigenvalue weighted by Crippen LogP contribution is -2.50. The summed E-state index contributed by atoms with van der Waals surface area (Å²) < 4.78 is 0. The molecule has 70 valence electrons. The number of hydrogen-bond donors (Lipinski definition) is 2. The second kappa shape index (κ2) is 2.82. The van der Waals surface area contributed by atoms with Gasteiger partial charge in [0.2, 0.25) is 5.91 Å². The van der Waals surface area contributed by atoms with E-state index in [1.54, 1.807) is 11.3 Å². The molecule has 1 unspecified atom stereocenters. The molecule has 1 aliphatic rings. The van der Waals surface area contributed by atoms with Gasteiger partial charge >= 0.3 is 0 Å². The van der Waals surface area contributed by atoms with E-state index in [-0.39, 0.29) is 0 Å². The summed E-state index contributed by atoms with van der Waals surface area (Å²) in [6.07, 6.45) is 2.65. The zero-order valence-corrected chi connectivity index (χ0v) is 8.06. The predicted octanol–water partition coefficient (Wildman–Crippen LogP) is 0.724. The molecule has 0 saturated heterocycles. The quantitative estimate of drug-likeness (QED) is 0.695. The Balaban J connectivity index is 2.51. The van der Waals surface area contributed by atoms with Gasteiger partial charge in [0.25, 0.3) is 0 Å². The summed E-state index contributed by atoms with van der Waals surface area (Å²) >= 11 is 1.66. The highest BCUT2D eigenvalue weighted by atomic mass is 32.1. The molecule has 4 heteroatoms. The fourth-order valence-corrected chi connectivity index (χ4v) is 2.86. The Hall–Kier alpha value is -0.870. The highest BCUT2D eigenvalue weighted by molar-refractivity contribution is 7.10. The minimum Gasteiger partial charge on any atom is -0.368 e. The first kappa shape index (κ1) is 8.72. The second-order valence-electron chi connectivity index (χ2n) is 3.45. The van der Waals surface area contributed by atoms with Crippen molar-refractivity contribution in [3.8, 4) is 0 Å². The molecular formula is C9H12N2OS. The van der Waals surface area contributed by atoms with E-state index in [9.17, 15) is 4.79 Å². The molecule has 0 radical (unpaired) electrons. The Labute approximate surface area is 80.7 Å². The fourth-order valence-electron chi connectivity index (χ4n) is 1.85. The van der Waals surface area contributed by atoms with E-state index in [1.165, 1.54) is 4.88 Å². The molecule has 0 bridgehead atoms. The molecule has 4 N–H and O–H groups in total. The number of rotatable bonds is 1. The van der Waals surface area contributed by atoms with Crippen LogP contribution < -0.4 is 11.5 Å². The Bertz CT molecular complexity index is 347. The van der Waals surface area contributed by atoms with Gasteiger partial charge in [0.05, 0.1) is 0 Å². The largest absolute Gasteiger partial charge is 0.368 e. The Kier molecular flexibility index (Phi) is 1.89. The number of thiophene rings is 1. The number of nitrogens with two attached hydrogens (primary N) is 2. The maximum Gasteiger partial charge on any atom is 0.242 e. The highest BCUT2D eigenvalue weighted by Gasteiger charge is 2.38. The lowest BCUT2D eigenvalue weighted by molar-refractivity contribution is -0.123. The van der Waals surface area contributed by atoms with Crippen molar-refractivity contribution in [1.82, 2.24) is 0 Å². The first-order valence-electron chi connectivity index (χ1n) is 4.30. The molecule has 0 fully saturated rings. The van der Waals surface area contributed by atoms with Crippen LogP contribution >= 0.6 is 11.3 Å². The molecule has 13 heavy (non-hydrogen) atoms. The van der Waals surface area contributed by atoms with E-state index < -0.39 is 11.4 Å². The van der Waals surface area contributed by atoms with Crippen molar-refractivity contribution in [3.63, 3.8) is 0 Å². The van der Waals surface area contributed by atoms with Crippen LogP contribution in [-0.4, -0.2) is 5.91 Å². The summed E-state index contributed by atoms with van der Waals surface area (Å²) in [5, 5.41) is 1.97. The molecule has 1 atom stereocenters. The molecule has 0 spiro atoms. The SMILES string of the molecule is NC(=O)C1(N)CCCc2sccc21. The van der Waals surface area contributed by atoms with Crippen LogP contribution in [0.4, 0.5) is 0 Å². The molecule has 0 saturated carbocycles. The van der Waals surface area contributed by atoms with Gasteiger partial charge in [-0.05, 0) is 36.3 Å². The van der Waals surface area contributed by atoms with Crippen LogP contribution in [0.15, 0.2) is 11.4 Å². The number of aryl methyl sites for hydroxylation is 1. The molecule has 1 aromatic rings. The molecule has 0 aromatic carbocycles. The first-order valence-corrected chi connectivity index (χ1v) is 5.18. The van der Waals surface area contributed by atoms with Gasteiger partial charge < -0.3 is 11.5 Å². The third kappa shape index (κ3) is 1.17. The first-order chi connectivity index (χ1) is 6.14. The average molecular weight is 196 g/mol. The molecule has 0 aliphatic heterocycles. The number of amides is 1. The van der Waals surface area contributed by atoms with E-state index >= 15 is 0 Å². The lowest BCUT2D eigenvalue weighted by Gasteiger charge is -2.30. The number of carbonyl (C=O) groups is 1. The van der Waals surface area contributed by atoms with Crippen LogP contribution in [0.3, 0.4) is 0 Å². The van der Waals surface area contributed by atoms with Crippen LogP contribution in [0.2, 0.25) is 0 Å². The van der Waals surface area contributed by atoms with Crippen molar-refractivity contribution in [1.29, 1.82) is 0 Å². The van der Waals surface area contributed by atoms with Gasteiger partial charge in [-0.25, -0.2) is 0 Å². The van der Waals surface area contributed by atoms with E-state index in [0.717, 1.165) is 18.4 Å². The van der Waals surface area contributed by atoms with Crippen LogP contribution in [0.1, 0.15) is 23.3 Å². The van der Waals surface area contributed by atoms with Gasteiger partial charge in [0.15, 0.2) is 0 Å². The molecule has 1 amide bonds. The highest BCUT2D eigenvalue weighted by Crippen LogP contribution is 2.36. The van der Waals surface area contributed by atoms with Crippen LogP contribution in [0.25, 0.3) is 0 Å². The minimum atomic E-state index is -0.909. The molecule has 1 aliphatic carbocycles. The van der Waals surface area contributed by atoms with Crippen molar-refractivity contribution in [2.24, 2.45) is 11.5 Å². The Morgan fingerprint density at radius 2 is 2.38 bits per heavy atom. The van der Waals surface area contributed by atoms with Gasteiger partial charge in [-0.2, -0.15) is 0 Å². The summed E-state index contributed by atoms with van der Waals surface area (Å²) in [5.41, 5.74) is 11.3. The van der Waals surface area contributed by atoms with Crippen LogP contribution in [0.5, 0.6) is 0 Å². The van der Waals surface area contributed by atoms with Gasteiger partial charge in [-0.15, -0.1) is 11.3 Å². The predicted molar refractivity (Wildman–Crippen MR) is 52.3 cm³/mol. The van der Waals surface area contributed by atoms with Crippen LogP contribution in [-0.2, 0) is 16.8 Å². The van der Waals surface area contributed by atoms with Gasteiger partial charge in [0, 0.05) is 4.88 Å². The minimum absolute atomic E-state index is 0.410. The van der Waals surface area contributed by atoms with E-state index in [0.29, 0.717) is 6.42 Å². The summed E-state index contributed by atoms with van der Waals surface area (Å²) in [7, 11) is 0. The molecular weight excluding hydrogens is 184 g/mol. The zero-order chi connectivity index (χ0) is 9.47. The lowest BCUT2D eigenvalue weighted by atomic mass is 9.80. The maximum atomic E-state index is 11.2. The third-order valence-corrected chi connectivity index (χ3v) is 3.62. The number of carbonyl (C=O) groups excluding carboxylic acids is 1. The molecule has 1 aromatic heterocycles. The smallest absolute Gasteiger partial charge is 0.242 e. The van der Waals surface area contributed by atoms with Gasteiger partial charge in [0.1, 0.15) is 5.54 Å². The Morgan fingerprint density at radius 1 is 1.62 bits per heavy atom. The van der Waals surface area contributed by atoms with Crippen molar-refractivity contribution < 1.29 is 4.79 Å². The van der Waals surface area contributed by atoms with Gasteiger partial charge in [-0.3, -0.25) is 4.79 Å². The van der Waals surface area contributed by atoms with E-state index in [1.807, 2.05) is 11.4 Å². The normalized spacial score (nSPS) is 26.8. The Morgan fingerprint density at radius 3 is 3.08 bits per heavy atom. The number of fused-ring (bicyclic) bond motifs is 1. The summed E-state index contributed by atoms with van der Waals surface area (Å²) in [4.78, 5) is 12.5.